The second-order valence-electron chi connectivity index (χ2n) is 13.5. The van der Waals surface area contributed by atoms with Crippen LogP contribution in [0.1, 0.15) is 38.8 Å². The molecule has 2 aromatic carbocycles. The summed E-state index contributed by atoms with van der Waals surface area (Å²) in [6.45, 7) is 18.4. The van der Waals surface area contributed by atoms with Crippen LogP contribution in [0.3, 0.4) is 0 Å². The molecule has 0 spiro atoms. The Balaban J connectivity index is 1.37. The first-order chi connectivity index (χ1) is 24.8. The predicted molar refractivity (Wildman–Crippen MR) is 205 cm³/mol. The van der Waals surface area contributed by atoms with Crippen LogP contribution in [0, 0.1) is 0 Å². The van der Waals surface area contributed by atoms with Crippen molar-refractivity contribution in [2.45, 2.75) is 38.5 Å². The van der Waals surface area contributed by atoms with Gasteiger partial charge in [0.15, 0.2) is 12.3 Å². The molecule has 0 bridgehead atoms. The average molecular weight is 706 g/mol. The lowest BCUT2D eigenvalue weighted by molar-refractivity contribution is -0.442. The molecule has 0 saturated heterocycles. The summed E-state index contributed by atoms with van der Waals surface area (Å²) in [5.41, 5.74) is 18.2. The summed E-state index contributed by atoms with van der Waals surface area (Å²) in [5, 5.41) is 0. The first kappa shape index (κ1) is 40.6. The molecule has 51 heavy (non-hydrogen) atoms. The number of ether oxygens (including phenoxy) is 6. The van der Waals surface area contributed by atoms with Crippen molar-refractivity contribution in [3.63, 3.8) is 0 Å². The van der Waals surface area contributed by atoms with Crippen LogP contribution in [0.5, 0.6) is 0 Å². The highest BCUT2D eigenvalue weighted by molar-refractivity contribution is 6.03. The normalized spacial score (nSPS) is 17.1. The molecule has 4 N–H and O–H groups in total. The van der Waals surface area contributed by atoms with Crippen LogP contribution < -0.4 is 16.4 Å². The van der Waals surface area contributed by atoms with Gasteiger partial charge in [0.2, 0.25) is 5.69 Å². The molecule has 0 saturated carbocycles. The fraction of sp³-hybridized carbons (Fsp3) is 0.537. The molecular formula is C41H61N4O6+. The van der Waals surface area contributed by atoms with Crippen LogP contribution in [0.4, 0.5) is 11.4 Å². The number of nitrogens with zero attached hydrogens (tertiary/aromatic N) is 2. The van der Waals surface area contributed by atoms with Crippen molar-refractivity contribution in [2.75, 3.05) is 110 Å². The van der Waals surface area contributed by atoms with E-state index < -0.39 is 0 Å². The van der Waals surface area contributed by atoms with Gasteiger partial charge >= 0.3 is 0 Å². The van der Waals surface area contributed by atoms with Crippen LogP contribution in [-0.2, 0) is 39.3 Å². The van der Waals surface area contributed by atoms with Gasteiger partial charge in [0.05, 0.1) is 78.1 Å². The molecule has 0 radical (unpaired) electrons. The molecule has 10 nitrogen and oxygen atoms in total. The Bertz CT molecular complexity index is 1470. The molecule has 0 fully saturated rings. The fourth-order valence-electron chi connectivity index (χ4n) is 6.68. The number of allylic oxidation sites excluding steroid dienone is 6. The Hall–Kier alpha value is -3.19. The monoisotopic (exact) mass is 705 g/mol. The summed E-state index contributed by atoms with van der Waals surface area (Å²) < 4.78 is 36.2. The minimum atomic E-state index is -0.138. The highest BCUT2D eigenvalue weighted by Gasteiger charge is 2.44. The molecular weight excluding hydrogens is 644 g/mol. The Kier molecular flexibility index (Phi) is 17.0. The Morgan fingerprint density at radius 1 is 0.588 bits per heavy atom. The number of hydrogen-bond donors (Lipinski definition) is 2. The molecule has 2 aromatic rings. The summed E-state index contributed by atoms with van der Waals surface area (Å²) in [7, 11) is 0. The van der Waals surface area contributed by atoms with Crippen LogP contribution >= 0.6 is 0 Å². The molecule has 0 unspecified atom stereocenters. The summed E-state index contributed by atoms with van der Waals surface area (Å²) in [4.78, 5) is 2.39. The third-order valence-corrected chi connectivity index (χ3v) is 9.26. The molecule has 0 aliphatic carbocycles. The van der Waals surface area contributed by atoms with Gasteiger partial charge in [0.25, 0.3) is 0 Å². The van der Waals surface area contributed by atoms with E-state index in [-0.39, 0.29) is 10.8 Å². The molecule has 2 aliphatic heterocycles. The van der Waals surface area contributed by atoms with Gasteiger partial charge in [-0.3, -0.25) is 0 Å². The predicted octanol–water partition coefficient (Wildman–Crippen LogP) is 4.87. The van der Waals surface area contributed by atoms with Crippen molar-refractivity contribution in [2.24, 2.45) is 11.5 Å². The highest BCUT2D eigenvalue weighted by atomic mass is 16.5. The Morgan fingerprint density at radius 3 is 1.75 bits per heavy atom. The van der Waals surface area contributed by atoms with Crippen molar-refractivity contribution in [1.29, 1.82) is 0 Å². The van der Waals surface area contributed by atoms with Gasteiger partial charge in [-0.15, -0.1) is 0 Å². The van der Waals surface area contributed by atoms with Crippen molar-refractivity contribution >= 4 is 17.1 Å². The molecule has 2 heterocycles. The lowest BCUT2D eigenvalue weighted by Gasteiger charge is -2.27. The van der Waals surface area contributed by atoms with Crippen LogP contribution in [0.15, 0.2) is 84.6 Å². The fourth-order valence-corrected chi connectivity index (χ4v) is 6.68. The van der Waals surface area contributed by atoms with Gasteiger partial charge in [-0.25, -0.2) is 0 Å². The van der Waals surface area contributed by atoms with Gasteiger partial charge < -0.3 is 44.8 Å². The molecule has 0 amide bonds. The zero-order valence-electron chi connectivity index (χ0n) is 31.3. The third-order valence-electron chi connectivity index (χ3n) is 9.26. The quantitative estimate of drug-likeness (QED) is 0.0849. The van der Waals surface area contributed by atoms with Gasteiger partial charge in [0.1, 0.15) is 6.61 Å². The van der Waals surface area contributed by atoms with Gasteiger partial charge in [-0.1, -0.05) is 68.5 Å². The summed E-state index contributed by atoms with van der Waals surface area (Å²) >= 11 is 0. The Morgan fingerprint density at radius 2 is 1.12 bits per heavy atom. The van der Waals surface area contributed by atoms with E-state index in [1.165, 1.54) is 33.9 Å². The number of hydrogen-bond acceptors (Lipinski definition) is 9. The lowest BCUT2D eigenvalue weighted by Crippen LogP contribution is -2.29. The van der Waals surface area contributed by atoms with E-state index in [2.05, 4.69) is 116 Å². The van der Waals surface area contributed by atoms with E-state index in [4.69, 9.17) is 39.9 Å². The van der Waals surface area contributed by atoms with E-state index in [1.807, 2.05) is 0 Å². The van der Waals surface area contributed by atoms with Gasteiger partial charge in [-0.05, 0) is 31.6 Å². The van der Waals surface area contributed by atoms with E-state index in [0.717, 1.165) is 13.1 Å². The number of anilines is 1. The summed E-state index contributed by atoms with van der Waals surface area (Å²) in [5.74, 6) is 0. The molecule has 0 aromatic heterocycles. The highest BCUT2D eigenvalue weighted by Crippen LogP contribution is 2.47. The number of fused-ring (bicyclic) bond motifs is 2. The third kappa shape index (κ3) is 11.4. The van der Waals surface area contributed by atoms with Crippen molar-refractivity contribution < 1.29 is 33.0 Å². The molecule has 0 atom stereocenters. The number of para-hydroxylation sites is 2. The van der Waals surface area contributed by atoms with Crippen LogP contribution in [0.2, 0.25) is 0 Å². The second-order valence-corrected chi connectivity index (χ2v) is 13.5. The Labute approximate surface area is 305 Å². The van der Waals surface area contributed by atoms with E-state index in [9.17, 15) is 0 Å². The molecule has 2 aliphatic rings. The largest absolute Gasteiger partial charge is 0.378 e. The zero-order chi connectivity index (χ0) is 36.4. The standard InChI is InChI=1S/C41H61N4O6/c1-40(2)34-12-8-10-14-36(34)44(20-24-48-28-32-50-30-26-46-22-18-42)38(40)16-6-5-7-17-39-41(3,4)35-13-9-11-15-37(35)45(39)21-25-49-29-33-51-31-27-47-23-19-43/h5-17H,18-33,42-43H2,1-4H3/q+1. The first-order valence-corrected chi connectivity index (χ1v) is 18.4. The topological polar surface area (TPSA) is 114 Å². The minimum absolute atomic E-state index is 0.138. The average Bonchev–Trinajstić information content (AvgIpc) is 3.48. The number of nitrogens with two attached hydrogens (primary N) is 2. The molecule has 280 valence electrons. The van der Waals surface area contributed by atoms with Crippen molar-refractivity contribution in [3.8, 4) is 0 Å². The van der Waals surface area contributed by atoms with E-state index in [1.54, 1.807) is 0 Å². The SMILES string of the molecule is CC1(C)C(\C=C/C=C\C=C2\N(CCOCCOCCOCCN)c3ccccc3C2(C)C)=[N+](CCOCCOCCOCCN)c2ccccc21. The zero-order valence-corrected chi connectivity index (χ0v) is 31.3. The lowest BCUT2D eigenvalue weighted by atomic mass is 9.81. The van der Waals surface area contributed by atoms with Crippen molar-refractivity contribution in [3.05, 3.63) is 95.7 Å². The number of benzene rings is 2. The first-order valence-electron chi connectivity index (χ1n) is 18.4. The maximum absolute atomic E-state index is 5.97. The maximum Gasteiger partial charge on any atom is 0.209 e. The van der Waals surface area contributed by atoms with Crippen LogP contribution in [0.25, 0.3) is 0 Å². The minimum Gasteiger partial charge on any atom is -0.378 e. The summed E-state index contributed by atoms with van der Waals surface area (Å²) in [6, 6.07) is 17.3. The molecule has 4 rings (SSSR count). The summed E-state index contributed by atoms with van der Waals surface area (Å²) in [6.07, 6.45) is 10.9. The molecule has 10 heteroatoms. The van der Waals surface area contributed by atoms with E-state index >= 15 is 0 Å². The van der Waals surface area contributed by atoms with E-state index in [0.29, 0.717) is 92.4 Å². The number of rotatable bonds is 25. The van der Waals surface area contributed by atoms with Crippen LogP contribution in [-0.4, -0.2) is 116 Å². The second kappa shape index (κ2) is 21.4. The smallest absolute Gasteiger partial charge is 0.209 e. The van der Waals surface area contributed by atoms with Gasteiger partial charge in [-0.2, -0.15) is 4.58 Å². The van der Waals surface area contributed by atoms with Gasteiger partial charge in [0, 0.05) is 54.1 Å². The maximum atomic E-state index is 5.97. The van der Waals surface area contributed by atoms with Crippen molar-refractivity contribution in [1.82, 2.24) is 0 Å².